The number of hydrogen-bond acceptors (Lipinski definition) is 4. The minimum atomic E-state index is -0.201. The molecule has 1 heterocycles. The Morgan fingerprint density at radius 3 is 2.81 bits per heavy atom. The van der Waals surface area contributed by atoms with Crippen molar-refractivity contribution in [1.29, 1.82) is 0 Å². The fraction of sp³-hybridized carbons (Fsp3) is 0.500. The summed E-state index contributed by atoms with van der Waals surface area (Å²) in [7, 11) is 1.40. The molecule has 0 bridgehead atoms. The largest absolute Gasteiger partial charge is 0.469 e. The normalized spacial score (nSPS) is 14.2. The standard InChI is InChI=1S/C12H18N2O2/c1-9(8-12(15)16-3)14-10(2)11-6-4-5-7-13-11/h4-7,9-10,14H,8H2,1-3H3/t9?,10-/m0/s1. The minimum Gasteiger partial charge on any atom is -0.469 e. The zero-order chi connectivity index (χ0) is 12.0. The van der Waals surface area contributed by atoms with Crippen LogP contribution >= 0.6 is 0 Å². The lowest BCUT2D eigenvalue weighted by molar-refractivity contribution is -0.141. The maximum atomic E-state index is 11.1. The number of rotatable bonds is 5. The molecule has 0 aliphatic heterocycles. The van der Waals surface area contributed by atoms with Gasteiger partial charge in [0.15, 0.2) is 0 Å². The predicted molar refractivity (Wildman–Crippen MR) is 61.9 cm³/mol. The van der Waals surface area contributed by atoms with Crippen LogP contribution in [0.3, 0.4) is 0 Å². The van der Waals surface area contributed by atoms with Crippen molar-refractivity contribution in [3.63, 3.8) is 0 Å². The van der Waals surface area contributed by atoms with Gasteiger partial charge in [0.2, 0.25) is 0 Å². The van der Waals surface area contributed by atoms with Crippen molar-refractivity contribution in [2.75, 3.05) is 7.11 Å². The monoisotopic (exact) mass is 222 g/mol. The molecule has 1 rings (SSSR count). The molecule has 1 unspecified atom stereocenters. The SMILES string of the molecule is COC(=O)CC(C)N[C@@H](C)c1ccccn1. The Balaban J connectivity index is 2.45. The molecule has 1 N–H and O–H groups in total. The van der Waals surface area contributed by atoms with Gasteiger partial charge in [0.25, 0.3) is 0 Å². The summed E-state index contributed by atoms with van der Waals surface area (Å²) < 4.78 is 4.61. The molecule has 0 amide bonds. The van der Waals surface area contributed by atoms with E-state index in [0.29, 0.717) is 6.42 Å². The Kier molecular flexibility index (Phi) is 4.92. The number of pyridine rings is 1. The Bertz CT molecular complexity index is 327. The van der Waals surface area contributed by atoms with E-state index < -0.39 is 0 Å². The third kappa shape index (κ3) is 3.98. The molecule has 0 saturated carbocycles. The summed E-state index contributed by atoms with van der Waals surface area (Å²) in [6.45, 7) is 3.98. The van der Waals surface area contributed by atoms with Gasteiger partial charge in [0, 0.05) is 18.3 Å². The molecular formula is C12H18N2O2. The Morgan fingerprint density at radius 1 is 1.50 bits per heavy atom. The average Bonchev–Trinajstić information content (AvgIpc) is 2.29. The molecule has 0 radical (unpaired) electrons. The number of methoxy groups -OCH3 is 1. The molecule has 0 aromatic carbocycles. The second kappa shape index (κ2) is 6.23. The van der Waals surface area contributed by atoms with Crippen molar-refractivity contribution in [2.24, 2.45) is 0 Å². The number of nitrogens with zero attached hydrogens (tertiary/aromatic N) is 1. The minimum absolute atomic E-state index is 0.0736. The van der Waals surface area contributed by atoms with Crippen LogP contribution in [-0.2, 0) is 9.53 Å². The molecule has 0 aliphatic rings. The molecule has 4 heteroatoms. The van der Waals surface area contributed by atoms with Crippen LogP contribution in [0.25, 0.3) is 0 Å². The van der Waals surface area contributed by atoms with Gasteiger partial charge >= 0.3 is 5.97 Å². The van der Waals surface area contributed by atoms with Crippen LogP contribution in [-0.4, -0.2) is 24.1 Å². The van der Waals surface area contributed by atoms with Gasteiger partial charge in [-0.3, -0.25) is 9.78 Å². The molecule has 2 atom stereocenters. The van der Waals surface area contributed by atoms with Crippen molar-refractivity contribution in [3.05, 3.63) is 30.1 Å². The van der Waals surface area contributed by atoms with Crippen molar-refractivity contribution in [3.8, 4) is 0 Å². The van der Waals surface area contributed by atoms with Crippen LogP contribution in [0, 0.1) is 0 Å². The fourth-order valence-corrected chi connectivity index (χ4v) is 1.54. The van der Waals surface area contributed by atoms with E-state index in [2.05, 4.69) is 15.0 Å². The van der Waals surface area contributed by atoms with Crippen LogP contribution in [0.1, 0.15) is 32.0 Å². The first-order chi connectivity index (χ1) is 7.63. The Labute approximate surface area is 96.0 Å². The number of carbonyl (C=O) groups excluding carboxylic acids is 1. The van der Waals surface area contributed by atoms with E-state index in [9.17, 15) is 4.79 Å². The second-order valence-electron chi connectivity index (χ2n) is 3.82. The molecule has 0 saturated heterocycles. The highest BCUT2D eigenvalue weighted by Gasteiger charge is 2.13. The van der Waals surface area contributed by atoms with Crippen LogP contribution in [0.2, 0.25) is 0 Å². The number of nitrogens with one attached hydrogen (secondary N) is 1. The lowest BCUT2D eigenvalue weighted by Gasteiger charge is -2.18. The van der Waals surface area contributed by atoms with E-state index in [4.69, 9.17) is 0 Å². The molecule has 16 heavy (non-hydrogen) atoms. The number of aromatic nitrogens is 1. The summed E-state index contributed by atoms with van der Waals surface area (Å²) in [5.74, 6) is -0.201. The molecule has 0 spiro atoms. The highest BCUT2D eigenvalue weighted by molar-refractivity contribution is 5.69. The maximum absolute atomic E-state index is 11.1. The lowest BCUT2D eigenvalue weighted by Crippen LogP contribution is -2.31. The van der Waals surface area contributed by atoms with Crippen molar-refractivity contribution < 1.29 is 9.53 Å². The van der Waals surface area contributed by atoms with Gasteiger partial charge in [-0.15, -0.1) is 0 Å². The molecule has 1 aromatic heterocycles. The van der Waals surface area contributed by atoms with Gasteiger partial charge in [-0.2, -0.15) is 0 Å². The summed E-state index contributed by atoms with van der Waals surface area (Å²) in [5, 5.41) is 3.30. The average molecular weight is 222 g/mol. The summed E-state index contributed by atoms with van der Waals surface area (Å²) in [4.78, 5) is 15.3. The lowest BCUT2D eigenvalue weighted by atomic mass is 10.1. The topological polar surface area (TPSA) is 51.2 Å². The Hall–Kier alpha value is -1.42. The summed E-state index contributed by atoms with van der Waals surface area (Å²) in [6.07, 6.45) is 2.13. The van der Waals surface area contributed by atoms with Gasteiger partial charge < -0.3 is 10.1 Å². The quantitative estimate of drug-likeness (QED) is 0.770. The van der Waals surface area contributed by atoms with E-state index in [1.807, 2.05) is 32.0 Å². The second-order valence-corrected chi connectivity index (χ2v) is 3.82. The molecule has 88 valence electrons. The molecule has 4 nitrogen and oxygen atoms in total. The summed E-state index contributed by atoms with van der Waals surface area (Å²) in [5.41, 5.74) is 0.971. The highest BCUT2D eigenvalue weighted by atomic mass is 16.5. The molecular weight excluding hydrogens is 204 g/mol. The van der Waals surface area contributed by atoms with Crippen LogP contribution in [0.4, 0.5) is 0 Å². The fourth-order valence-electron chi connectivity index (χ4n) is 1.54. The van der Waals surface area contributed by atoms with E-state index in [0.717, 1.165) is 5.69 Å². The van der Waals surface area contributed by atoms with Crippen molar-refractivity contribution >= 4 is 5.97 Å². The van der Waals surface area contributed by atoms with Gasteiger partial charge in [-0.1, -0.05) is 6.07 Å². The maximum Gasteiger partial charge on any atom is 0.307 e. The first kappa shape index (κ1) is 12.6. The van der Waals surface area contributed by atoms with E-state index in [1.54, 1.807) is 6.20 Å². The van der Waals surface area contributed by atoms with Crippen molar-refractivity contribution in [2.45, 2.75) is 32.4 Å². The zero-order valence-corrected chi connectivity index (χ0v) is 9.93. The van der Waals surface area contributed by atoms with Gasteiger partial charge in [0.1, 0.15) is 0 Å². The smallest absolute Gasteiger partial charge is 0.307 e. The summed E-state index contributed by atoms with van der Waals surface area (Å²) in [6, 6.07) is 5.99. The number of esters is 1. The zero-order valence-electron chi connectivity index (χ0n) is 9.93. The number of ether oxygens (including phenoxy) is 1. The van der Waals surface area contributed by atoms with E-state index in [1.165, 1.54) is 7.11 Å². The van der Waals surface area contributed by atoms with Gasteiger partial charge in [-0.05, 0) is 26.0 Å². The Morgan fingerprint density at radius 2 is 2.25 bits per heavy atom. The molecule has 1 aromatic rings. The number of carbonyl (C=O) groups is 1. The molecule has 0 aliphatic carbocycles. The summed E-state index contributed by atoms with van der Waals surface area (Å²) >= 11 is 0. The van der Waals surface area contributed by atoms with Crippen molar-refractivity contribution in [1.82, 2.24) is 10.3 Å². The first-order valence-corrected chi connectivity index (χ1v) is 5.37. The third-order valence-electron chi connectivity index (χ3n) is 2.37. The van der Waals surface area contributed by atoms with E-state index in [-0.39, 0.29) is 18.1 Å². The first-order valence-electron chi connectivity index (χ1n) is 5.37. The number of hydrogen-bond donors (Lipinski definition) is 1. The van der Waals surface area contributed by atoms with Crippen LogP contribution in [0.15, 0.2) is 24.4 Å². The molecule has 0 fully saturated rings. The predicted octanol–water partition coefficient (Wildman–Crippen LogP) is 1.68. The van der Waals surface area contributed by atoms with E-state index >= 15 is 0 Å². The van der Waals surface area contributed by atoms with Crippen LogP contribution in [0.5, 0.6) is 0 Å². The third-order valence-corrected chi connectivity index (χ3v) is 2.37. The highest BCUT2D eigenvalue weighted by Crippen LogP contribution is 2.09. The van der Waals surface area contributed by atoms with Gasteiger partial charge in [-0.25, -0.2) is 0 Å². The van der Waals surface area contributed by atoms with Gasteiger partial charge in [0.05, 0.1) is 19.2 Å². The van der Waals surface area contributed by atoms with Crippen LogP contribution < -0.4 is 5.32 Å².